The van der Waals surface area contributed by atoms with Gasteiger partial charge >= 0.3 is 0 Å². The third kappa shape index (κ3) is 5.13. The van der Waals surface area contributed by atoms with Crippen LogP contribution in [0.2, 0.25) is 0 Å². The normalized spacial score (nSPS) is 19.5. The fourth-order valence-corrected chi connectivity index (χ4v) is 3.77. The molecule has 2 saturated heterocycles. The average Bonchev–Trinajstić information content (AvgIpc) is 3.33. The van der Waals surface area contributed by atoms with Gasteiger partial charge in [0.05, 0.1) is 12.6 Å². The number of nitrogens with zero attached hydrogens (tertiary/aromatic N) is 7. The highest BCUT2D eigenvalue weighted by Gasteiger charge is 2.30. The molecule has 28 heavy (non-hydrogen) atoms. The van der Waals surface area contributed by atoms with Crippen molar-refractivity contribution in [1.82, 2.24) is 34.8 Å². The molecule has 3 heterocycles. The summed E-state index contributed by atoms with van der Waals surface area (Å²) in [5, 5.41) is 11.7. The molecule has 1 atom stereocenters. The Kier molecular flexibility index (Phi) is 8.47. The Morgan fingerprint density at radius 2 is 1.75 bits per heavy atom. The topological polar surface area (TPSA) is 81.9 Å². The van der Waals surface area contributed by atoms with E-state index in [1.165, 1.54) is 0 Å². The molecule has 10 heteroatoms. The van der Waals surface area contributed by atoms with Crippen LogP contribution < -0.4 is 5.32 Å². The predicted molar refractivity (Wildman–Crippen MR) is 120 cm³/mol. The Hall–Kier alpha value is -1.43. The largest absolute Gasteiger partial charge is 0.349 e. The lowest BCUT2D eigenvalue weighted by atomic mass is 10.2. The first-order chi connectivity index (χ1) is 13.0. The number of piperazine rings is 1. The summed E-state index contributed by atoms with van der Waals surface area (Å²) in [4.78, 5) is 23.6. The summed E-state index contributed by atoms with van der Waals surface area (Å²) in [5.74, 6) is 2.93. The molecular formula is C18H33IN8O. The van der Waals surface area contributed by atoms with Gasteiger partial charge in [0, 0.05) is 53.4 Å². The predicted octanol–water partition coefficient (Wildman–Crippen LogP) is 0.445. The second kappa shape index (κ2) is 10.4. The van der Waals surface area contributed by atoms with E-state index >= 15 is 0 Å². The van der Waals surface area contributed by atoms with Crippen LogP contribution >= 0.6 is 24.0 Å². The molecule has 0 saturated carbocycles. The maximum atomic E-state index is 12.6. The Balaban J connectivity index is 0.00000280. The Morgan fingerprint density at radius 1 is 1.11 bits per heavy atom. The number of nitrogens with one attached hydrogen (secondary N) is 1. The maximum absolute atomic E-state index is 12.6. The number of hydrogen-bond donors (Lipinski definition) is 1. The van der Waals surface area contributed by atoms with Crippen molar-refractivity contribution < 1.29 is 4.79 Å². The van der Waals surface area contributed by atoms with Crippen LogP contribution in [0.15, 0.2) is 4.99 Å². The van der Waals surface area contributed by atoms with E-state index in [4.69, 9.17) is 0 Å². The molecule has 0 aromatic carbocycles. The van der Waals surface area contributed by atoms with Gasteiger partial charge in [-0.1, -0.05) is 0 Å². The second-order valence-corrected chi connectivity index (χ2v) is 7.35. The summed E-state index contributed by atoms with van der Waals surface area (Å²) in [6.45, 7) is 9.85. The summed E-state index contributed by atoms with van der Waals surface area (Å²) >= 11 is 0. The molecule has 0 radical (unpaired) electrons. The zero-order valence-corrected chi connectivity index (χ0v) is 19.7. The monoisotopic (exact) mass is 504 g/mol. The zero-order chi connectivity index (χ0) is 19.4. The van der Waals surface area contributed by atoms with Gasteiger partial charge in [-0.05, 0) is 26.7 Å². The number of aryl methyl sites for hydroxylation is 1. The highest BCUT2D eigenvalue weighted by molar-refractivity contribution is 14.0. The van der Waals surface area contributed by atoms with Crippen molar-refractivity contribution >= 4 is 35.8 Å². The third-order valence-electron chi connectivity index (χ3n) is 5.74. The number of guanidine groups is 1. The fraction of sp³-hybridized carbons (Fsp3) is 0.778. The molecule has 0 bridgehead atoms. The third-order valence-corrected chi connectivity index (χ3v) is 5.74. The van der Waals surface area contributed by atoms with Crippen LogP contribution in [0.5, 0.6) is 0 Å². The molecule has 2 aliphatic heterocycles. The molecule has 1 aromatic heterocycles. The van der Waals surface area contributed by atoms with E-state index < -0.39 is 0 Å². The minimum Gasteiger partial charge on any atom is -0.349 e. The van der Waals surface area contributed by atoms with E-state index in [-0.39, 0.29) is 35.9 Å². The van der Waals surface area contributed by atoms with Crippen molar-refractivity contribution in [2.45, 2.75) is 39.3 Å². The summed E-state index contributed by atoms with van der Waals surface area (Å²) in [7, 11) is 3.77. The lowest BCUT2D eigenvalue weighted by Crippen LogP contribution is -2.57. The van der Waals surface area contributed by atoms with Gasteiger partial charge in [0.2, 0.25) is 5.91 Å². The lowest BCUT2D eigenvalue weighted by Gasteiger charge is -2.39. The second-order valence-electron chi connectivity index (χ2n) is 7.35. The molecule has 1 amide bonds. The minimum atomic E-state index is -0.0400. The van der Waals surface area contributed by atoms with Crippen molar-refractivity contribution in [3.63, 3.8) is 0 Å². The van der Waals surface area contributed by atoms with E-state index in [9.17, 15) is 4.79 Å². The van der Waals surface area contributed by atoms with Gasteiger partial charge in [-0.15, -0.1) is 34.2 Å². The molecule has 2 fully saturated rings. The zero-order valence-electron chi connectivity index (χ0n) is 17.4. The van der Waals surface area contributed by atoms with E-state index in [0.29, 0.717) is 6.54 Å². The Morgan fingerprint density at radius 3 is 2.29 bits per heavy atom. The fourth-order valence-electron chi connectivity index (χ4n) is 3.77. The van der Waals surface area contributed by atoms with Gasteiger partial charge in [-0.2, -0.15) is 0 Å². The molecule has 2 aliphatic rings. The van der Waals surface area contributed by atoms with Crippen molar-refractivity contribution in [3.05, 3.63) is 11.6 Å². The molecule has 0 spiro atoms. The van der Waals surface area contributed by atoms with Gasteiger partial charge in [0.1, 0.15) is 5.82 Å². The van der Waals surface area contributed by atoms with Crippen LogP contribution in [-0.2, 0) is 18.4 Å². The summed E-state index contributed by atoms with van der Waals surface area (Å²) in [5.41, 5.74) is 0. The smallest absolute Gasteiger partial charge is 0.239 e. The standard InChI is InChI=1S/C18H32N8O.HI/c1-14(17(27)25-7-5-6-8-25)24-9-11-26(12-10-24)18(19-3)20-13-16-22-21-15(2)23(16)4;/h14H,5-13H2,1-4H3,(H,19,20);1H. The summed E-state index contributed by atoms with van der Waals surface area (Å²) in [6.07, 6.45) is 2.28. The van der Waals surface area contributed by atoms with Crippen LogP contribution in [0.4, 0.5) is 0 Å². The molecule has 1 unspecified atom stereocenters. The minimum absolute atomic E-state index is 0. The molecule has 9 nitrogen and oxygen atoms in total. The number of aromatic nitrogens is 3. The van der Waals surface area contributed by atoms with E-state index in [1.807, 2.05) is 30.4 Å². The molecular weight excluding hydrogens is 471 g/mol. The van der Waals surface area contributed by atoms with Crippen LogP contribution in [0.3, 0.4) is 0 Å². The number of amides is 1. The Labute approximate surface area is 184 Å². The van der Waals surface area contributed by atoms with Crippen molar-refractivity contribution in [3.8, 4) is 0 Å². The van der Waals surface area contributed by atoms with Gasteiger partial charge in [0.25, 0.3) is 0 Å². The number of rotatable bonds is 4. The summed E-state index contributed by atoms with van der Waals surface area (Å²) < 4.78 is 1.98. The maximum Gasteiger partial charge on any atom is 0.239 e. The first-order valence-corrected chi connectivity index (χ1v) is 9.84. The number of aliphatic imine (C=N–C) groups is 1. The van der Waals surface area contributed by atoms with Gasteiger partial charge < -0.3 is 19.7 Å². The molecule has 1 N–H and O–H groups in total. The number of carbonyl (C=O) groups excluding carboxylic acids is 1. The van der Waals surface area contributed by atoms with Crippen LogP contribution in [0.25, 0.3) is 0 Å². The van der Waals surface area contributed by atoms with E-state index in [2.05, 4.69) is 30.3 Å². The first kappa shape index (κ1) is 22.9. The SMILES string of the molecule is CN=C(NCc1nnc(C)n1C)N1CCN(C(C)C(=O)N2CCCC2)CC1.I. The van der Waals surface area contributed by atoms with Crippen molar-refractivity contribution in [2.75, 3.05) is 46.3 Å². The lowest BCUT2D eigenvalue weighted by molar-refractivity contribution is -0.135. The summed E-state index contributed by atoms with van der Waals surface area (Å²) in [6, 6.07) is -0.0400. The average molecular weight is 504 g/mol. The molecule has 158 valence electrons. The molecule has 0 aliphatic carbocycles. The highest BCUT2D eigenvalue weighted by Crippen LogP contribution is 2.14. The first-order valence-electron chi connectivity index (χ1n) is 9.84. The van der Waals surface area contributed by atoms with Crippen molar-refractivity contribution in [1.29, 1.82) is 0 Å². The number of hydrogen-bond acceptors (Lipinski definition) is 5. The van der Waals surface area contributed by atoms with Gasteiger partial charge in [-0.25, -0.2) is 0 Å². The number of halogens is 1. The quantitative estimate of drug-likeness (QED) is 0.365. The molecule has 3 rings (SSSR count). The molecule has 1 aromatic rings. The number of likely N-dealkylation sites (tertiary alicyclic amines) is 1. The highest BCUT2D eigenvalue weighted by atomic mass is 127. The van der Waals surface area contributed by atoms with E-state index in [1.54, 1.807) is 7.05 Å². The van der Waals surface area contributed by atoms with Crippen LogP contribution in [0, 0.1) is 6.92 Å². The Bertz CT molecular complexity index is 677. The van der Waals surface area contributed by atoms with Gasteiger partial charge in [-0.3, -0.25) is 14.7 Å². The van der Waals surface area contributed by atoms with E-state index in [0.717, 1.165) is 69.7 Å². The van der Waals surface area contributed by atoms with Gasteiger partial charge in [0.15, 0.2) is 11.8 Å². The number of carbonyl (C=O) groups is 1. The van der Waals surface area contributed by atoms with Crippen molar-refractivity contribution in [2.24, 2.45) is 12.0 Å². The van der Waals surface area contributed by atoms with Crippen LogP contribution in [-0.4, -0.2) is 93.7 Å². The van der Waals surface area contributed by atoms with Crippen LogP contribution in [0.1, 0.15) is 31.4 Å².